The van der Waals surface area contributed by atoms with Crippen LogP contribution in [0.15, 0.2) is 66.7 Å². The lowest BCUT2D eigenvalue weighted by molar-refractivity contribution is 0.0697. The van der Waals surface area contributed by atoms with Crippen molar-refractivity contribution in [2.45, 2.75) is 58.3 Å². The lowest BCUT2D eigenvalue weighted by Gasteiger charge is -2.19. The molecule has 0 bridgehead atoms. The lowest BCUT2D eigenvalue weighted by atomic mass is 9.87. The molecule has 0 unspecified atom stereocenters. The van der Waals surface area contributed by atoms with Crippen LogP contribution in [0.4, 0.5) is 5.69 Å². The van der Waals surface area contributed by atoms with Crippen molar-refractivity contribution >= 4 is 28.3 Å². The number of benzene rings is 3. The van der Waals surface area contributed by atoms with Crippen molar-refractivity contribution < 1.29 is 24.2 Å². The monoisotopic (exact) mass is 552 g/mol. The molecule has 3 aromatic carbocycles. The van der Waals surface area contributed by atoms with Crippen LogP contribution in [0.25, 0.3) is 10.8 Å². The number of amides is 1. The summed E-state index contributed by atoms with van der Waals surface area (Å²) in [5.74, 6) is 0.574. The quantitative estimate of drug-likeness (QED) is 0.230. The standard InChI is InChI=1S/C34H36N2O5/c1-34(2,3)23-13-16-24(17-14-23)41-25-15-12-22-19-29(35-28(27(22)20-25)18-21-8-5-6-9-21)32(37)36-31-26(33(38)39)10-7-11-30(31)40-4/h7,10-17,19-21H,5-6,8-9,18H2,1-4H3,(H,36,37)(H,38,39). The van der Waals surface area contributed by atoms with E-state index in [1.165, 1.54) is 31.6 Å². The molecule has 5 rings (SSSR count). The van der Waals surface area contributed by atoms with Crippen molar-refractivity contribution in [3.8, 4) is 17.2 Å². The van der Waals surface area contributed by atoms with Crippen molar-refractivity contribution in [2.24, 2.45) is 5.92 Å². The highest BCUT2D eigenvalue weighted by atomic mass is 16.5. The number of nitrogens with zero attached hydrogens (tertiary/aromatic N) is 1. The zero-order valence-electron chi connectivity index (χ0n) is 24.0. The highest BCUT2D eigenvalue weighted by molar-refractivity contribution is 6.09. The Morgan fingerprint density at radius 1 is 0.976 bits per heavy atom. The summed E-state index contributed by atoms with van der Waals surface area (Å²) in [6.07, 6.45) is 5.44. The van der Waals surface area contributed by atoms with Gasteiger partial charge in [-0.15, -0.1) is 0 Å². The molecule has 212 valence electrons. The van der Waals surface area contributed by atoms with Crippen molar-refractivity contribution in [3.63, 3.8) is 0 Å². The number of hydrogen-bond donors (Lipinski definition) is 2. The number of carbonyl (C=O) groups is 2. The number of para-hydroxylation sites is 1. The fourth-order valence-corrected chi connectivity index (χ4v) is 5.46. The van der Waals surface area contributed by atoms with Gasteiger partial charge in [-0.3, -0.25) is 4.79 Å². The molecule has 1 aromatic heterocycles. The van der Waals surface area contributed by atoms with Crippen LogP contribution in [0.2, 0.25) is 0 Å². The van der Waals surface area contributed by atoms with Gasteiger partial charge in [0, 0.05) is 11.1 Å². The molecular weight excluding hydrogens is 516 g/mol. The predicted octanol–water partition coefficient (Wildman–Crippen LogP) is 8.02. The number of rotatable bonds is 8. The Balaban J connectivity index is 1.49. The molecule has 0 saturated heterocycles. The van der Waals surface area contributed by atoms with Crippen molar-refractivity contribution in [2.75, 3.05) is 12.4 Å². The van der Waals surface area contributed by atoms with Crippen LogP contribution in [0.5, 0.6) is 17.2 Å². The van der Waals surface area contributed by atoms with Gasteiger partial charge >= 0.3 is 5.97 Å². The molecular formula is C34H36N2O5. The number of ether oxygens (including phenoxy) is 2. The molecule has 1 heterocycles. The number of pyridine rings is 1. The van der Waals surface area contributed by atoms with Crippen LogP contribution in [0.3, 0.4) is 0 Å². The SMILES string of the molecule is COc1cccc(C(=O)O)c1NC(=O)c1cc2ccc(Oc3ccc(C(C)(C)C)cc3)cc2c(CC2CCCC2)n1. The minimum atomic E-state index is -1.16. The second-order valence-electron chi connectivity index (χ2n) is 11.7. The second kappa shape index (κ2) is 11.6. The van der Waals surface area contributed by atoms with E-state index in [4.69, 9.17) is 14.5 Å². The van der Waals surface area contributed by atoms with Gasteiger partial charge in [-0.05, 0) is 71.2 Å². The Labute approximate surface area is 240 Å². The number of hydrogen-bond acceptors (Lipinski definition) is 5. The van der Waals surface area contributed by atoms with Gasteiger partial charge in [0.2, 0.25) is 0 Å². The van der Waals surface area contributed by atoms with E-state index in [1.54, 1.807) is 18.2 Å². The highest BCUT2D eigenvalue weighted by Crippen LogP contribution is 2.34. The molecule has 1 amide bonds. The highest BCUT2D eigenvalue weighted by Gasteiger charge is 2.22. The summed E-state index contributed by atoms with van der Waals surface area (Å²) in [5.41, 5.74) is 2.41. The van der Waals surface area contributed by atoms with E-state index in [1.807, 2.05) is 30.3 Å². The molecule has 4 aromatic rings. The average Bonchev–Trinajstić information content (AvgIpc) is 3.46. The molecule has 41 heavy (non-hydrogen) atoms. The third-order valence-electron chi connectivity index (χ3n) is 7.74. The number of aromatic carboxylic acids is 1. The molecule has 0 atom stereocenters. The molecule has 1 saturated carbocycles. The first kappa shape index (κ1) is 28.1. The molecule has 0 aliphatic heterocycles. The topological polar surface area (TPSA) is 97.8 Å². The molecule has 0 spiro atoms. The summed E-state index contributed by atoms with van der Waals surface area (Å²) in [6, 6.07) is 20.3. The maximum absolute atomic E-state index is 13.4. The van der Waals surface area contributed by atoms with Crippen LogP contribution in [0.1, 0.15) is 78.6 Å². The molecule has 1 fully saturated rings. The van der Waals surface area contributed by atoms with Crippen LogP contribution < -0.4 is 14.8 Å². The zero-order valence-corrected chi connectivity index (χ0v) is 24.0. The van der Waals surface area contributed by atoms with E-state index in [0.717, 1.165) is 41.5 Å². The fraction of sp³-hybridized carbons (Fsp3) is 0.324. The summed E-state index contributed by atoms with van der Waals surface area (Å²) in [7, 11) is 1.43. The number of methoxy groups -OCH3 is 1. The van der Waals surface area contributed by atoms with Crippen LogP contribution in [0, 0.1) is 5.92 Å². The van der Waals surface area contributed by atoms with Crippen molar-refractivity contribution in [1.82, 2.24) is 4.98 Å². The number of anilines is 1. The summed E-state index contributed by atoms with van der Waals surface area (Å²) >= 11 is 0. The van der Waals surface area contributed by atoms with E-state index in [-0.39, 0.29) is 28.1 Å². The van der Waals surface area contributed by atoms with Crippen LogP contribution >= 0.6 is 0 Å². The Morgan fingerprint density at radius 2 is 1.68 bits per heavy atom. The summed E-state index contributed by atoms with van der Waals surface area (Å²) in [5, 5.41) is 14.2. The van der Waals surface area contributed by atoms with Gasteiger partial charge in [0.25, 0.3) is 5.91 Å². The molecule has 0 radical (unpaired) electrons. The Morgan fingerprint density at radius 3 is 2.34 bits per heavy atom. The molecule has 1 aliphatic rings. The summed E-state index contributed by atoms with van der Waals surface area (Å²) in [4.78, 5) is 30.1. The van der Waals surface area contributed by atoms with Crippen molar-refractivity contribution in [1.29, 1.82) is 0 Å². The van der Waals surface area contributed by atoms with Crippen LogP contribution in [-0.2, 0) is 11.8 Å². The summed E-state index contributed by atoms with van der Waals surface area (Å²) in [6.45, 7) is 6.54. The van der Waals surface area contributed by atoms with E-state index in [0.29, 0.717) is 11.7 Å². The minimum Gasteiger partial charge on any atom is -0.495 e. The Kier molecular flexibility index (Phi) is 7.97. The van der Waals surface area contributed by atoms with Gasteiger partial charge in [-0.1, -0.05) is 70.7 Å². The smallest absolute Gasteiger partial charge is 0.337 e. The van der Waals surface area contributed by atoms with Gasteiger partial charge in [-0.25, -0.2) is 9.78 Å². The first-order chi connectivity index (χ1) is 19.6. The Hall–Kier alpha value is -4.39. The second-order valence-corrected chi connectivity index (χ2v) is 11.7. The van der Waals surface area contributed by atoms with Gasteiger partial charge < -0.3 is 19.9 Å². The first-order valence-electron chi connectivity index (χ1n) is 14.1. The lowest BCUT2D eigenvalue weighted by Crippen LogP contribution is -2.18. The normalized spacial score (nSPS) is 13.8. The van der Waals surface area contributed by atoms with Gasteiger partial charge in [0.05, 0.1) is 18.4 Å². The van der Waals surface area contributed by atoms with Crippen molar-refractivity contribution in [3.05, 3.63) is 89.2 Å². The van der Waals surface area contributed by atoms with Gasteiger partial charge in [0.15, 0.2) is 0 Å². The number of fused-ring (bicyclic) bond motifs is 1. The maximum Gasteiger partial charge on any atom is 0.337 e. The van der Waals surface area contributed by atoms with Gasteiger partial charge in [-0.2, -0.15) is 0 Å². The number of carboxylic acids is 1. The molecule has 1 aliphatic carbocycles. The summed E-state index contributed by atoms with van der Waals surface area (Å²) < 4.78 is 11.5. The van der Waals surface area contributed by atoms with Gasteiger partial charge in [0.1, 0.15) is 22.9 Å². The largest absolute Gasteiger partial charge is 0.495 e. The first-order valence-corrected chi connectivity index (χ1v) is 14.1. The van der Waals surface area contributed by atoms with E-state index >= 15 is 0 Å². The van der Waals surface area contributed by atoms with E-state index < -0.39 is 11.9 Å². The van der Waals surface area contributed by atoms with Crippen LogP contribution in [-0.4, -0.2) is 29.1 Å². The maximum atomic E-state index is 13.4. The van der Waals surface area contributed by atoms with E-state index in [9.17, 15) is 14.7 Å². The van der Waals surface area contributed by atoms with E-state index in [2.05, 4.69) is 38.2 Å². The molecule has 7 nitrogen and oxygen atoms in total. The molecule has 2 N–H and O–H groups in total. The third kappa shape index (κ3) is 6.35. The number of carboxylic acid groups (broad SMARTS) is 1. The third-order valence-corrected chi connectivity index (χ3v) is 7.74. The number of carbonyl (C=O) groups excluding carboxylic acids is 1. The predicted molar refractivity (Wildman–Crippen MR) is 161 cm³/mol. The number of aromatic nitrogens is 1. The Bertz CT molecular complexity index is 1580. The fourth-order valence-electron chi connectivity index (χ4n) is 5.46. The zero-order chi connectivity index (χ0) is 29.1. The number of nitrogens with one attached hydrogen (secondary N) is 1. The average molecular weight is 553 g/mol. The minimum absolute atomic E-state index is 0.0537. The molecule has 7 heteroatoms.